The van der Waals surface area contributed by atoms with E-state index in [1.807, 2.05) is 48.5 Å². The molecule has 0 saturated carbocycles. The number of hydrogen-bond acceptors (Lipinski definition) is 4. The van der Waals surface area contributed by atoms with E-state index in [1.54, 1.807) is 32.2 Å². The maximum atomic E-state index is 11.4. The molecule has 0 N–H and O–H groups in total. The molecule has 3 aromatic rings. The van der Waals surface area contributed by atoms with E-state index in [0.717, 1.165) is 14.1 Å². The molecule has 0 bridgehead atoms. The quantitative estimate of drug-likeness (QED) is 0.327. The third-order valence-corrected chi connectivity index (χ3v) is 15.2. The number of hydrogen-bond donors (Lipinski definition) is 0. The van der Waals surface area contributed by atoms with Crippen LogP contribution in [0.3, 0.4) is 0 Å². The Bertz CT molecular complexity index is 774. The third kappa shape index (κ3) is 4.44. The van der Waals surface area contributed by atoms with Gasteiger partial charge in [0.05, 0.1) is 0 Å². The molecular formula is C18H14AsNO2S2. The van der Waals surface area contributed by atoms with Crippen molar-refractivity contribution in [2.24, 2.45) is 0 Å². The summed E-state index contributed by atoms with van der Waals surface area (Å²) in [5.41, 5.74) is 0.226. The van der Waals surface area contributed by atoms with Gasteiger partial charge in [-0.1, -0.05) is 0 Å². The summed E-state index contributed by atoms with van der Waals surface area (Å²) in [7, 11) is 3.55. The second-order valence-corrected chi connectivity index (χ2v) is 15.5. The third-order valence-electron chi connectivity index (χ3n) is 3.14. The summed E-state index contributed by atoms with van der Waals surface area (Å²) < 4.78 is 0.873. The number of nitrogens with zero attached hydrogens (tertiary/aromatic N) is 1. The number of benzene rings is 3. The minimum absolute atomic E-state index is 0.226. The molecule has 0 unspecified atom stereocenters. The summed E-state index contributed by atoms with van der Waals surface area (Å²) in [4.78, 5) is 13.5. The fourth-order valence-corrected chi connectivity index (χ4v) is 14.7. The molecule has 0 aliphatic rings. The molecule has 0 spiro atoms. The Morgan fingerprint density at radius 1 is 0.708 bits per heavy atom. The first kappa shape index (κ1) is 17.2. The van der Waals surface area contributed by atoms with Gasteiger partial charge in [0.1, 0.15) is 0 Å². The molecule has 24 heavy (non-hydrogen) atoms. The van der Waals surface area contributed by atoms with Gasteiger partial charge in [-0.3, -0.25) is 0 Å². The van der Waals surface area contributed by atoms with Crippen molar-refractivity contribution in [2.75, 3.05) is 0 Å². The Morgan fingerprint density at radius 2 is 1.17 bits per heavy atom. The molecule has 120 valence electrons. The summed E-state index contributed by atoms with van der Waals surface area (Å²) in [6.45, 7) is 0. The van der Waals surface area contributed by atoms with Crippen molar-refractivity contribution >= 4 is 42.4 Å². The number of rotatable bonds is 6. The van der Waals surface area contributed by atoms with Crippen molar-refractivity contribution in [3.8, 4) is 0 Å². The maximum absolute atomic E-state index is 11.4. The molecule has 3 nitrogen and oxygen atoms in total. The first-order valence-electron chi connectivity index (χ1n) is 7.23. The van der Waals surface area contributed by atoms with Crippen LogP contribution in [0.2, 0.25) is 0 Å². The Balaban J connectivity index is 1.97. The van der Waals surface area contributed by atoms with E-state index < -0.39 is 12.3 Å². The zero-order valence-corrected chi connectivity index (χ0v) is 16.1. The van der Waals surface area contributed by atoms with Crippen molar-refractivity contribution in [1.82, 2.24) is 0 Å². The zero-order valence-electron chi connectivity index (χ0n) is 12.6. The van der Waals surface area contributed by atoms with Crippen LogP contribution in [0.4, 0.5) is 5.69 Å². The van der Waals surface area contributed by atoms with E-state index in [4.69, 9.17) is 0 Å². The number of para-hydroxylation sites is 1. The second kappa shape index (κ2) is 8.43. The van der Waals surface area contributed by atoms with Crippen LogP contribution in [0.15, 0.2) is 94.7 Å². The van der Waals surface area contributed by atoms with Gasteiger partial charge in [0.25, 0.3) is 0 Å². The average molecular weight is 415 g/mol. The zero-order chi connectivity index (χ0) is 16.8. The standard InChI is InChI=1S/C18H14AsNO2S2/c21-20(22)18-14-8-7-13-17(18)19(23-15-9-3-1-4-10-15)24-16-11-5-2-6-12-16/h1-14H. The molecule has 6 heteroatoms. The van der Waals surface area contributed by atoms with Crippen LogP contribution in [0.25, 0.3) is 0 Å². The Kier molecular flexibility index (Phi) is 6.02. The van der Waals surface area contributed by atoms with Gasteiger partial charge in [0.2, 0.25) is 0 Å². The van der Waals surface area contributed by atoms with Gasteiger partial charge in [-0.05, 0) is 0 Å². The fourth-order valence-electron chi connectivity index (χ4n) is 2.04. The predicted octanol–water partition coefficient (Wildman–Crippen LogP) is 4.87. The predicted molar refractivity (Wildman–Crippen MR) is 103 cm³/mol. The summed E-state index contributed by atoms with van der Waals surface area (Å²) in [6.07, 6.45) is 0. The Labute approximate surface area is 151 Å². The van der Waals surface area contributed by atoms with Crippen LogP contribution < -0.4 is 4.35 Å². The molecule has 0 radical (unpaired) electrons. The molecule has 0 amide bonds. The van der Waals surface area contributed by atoms with E-state index in [-0.39, 0.29) is 10.6 Å². The van der Waals surface area contributed by atoms with Crippen LogP contribution in [0.5, 0.6) is 0 Å². The van der Waals surface area contributed by atoms with E-state index in [0.29, 0.717) is 0 Å². The fraction of sp³-hybridized carbons (Fsp3) is 0. The van der Waals surface area contributed by atoms with Gasteiger partial charge in [0.15, 0.2) is 0 Å². The summed E-state index contributed by atoms with van der Waals surface area (Å²) in [5.74, 6) is 0. The molecule has 0 saturated heterocycles. The summed E-state index contributed by atoms with van der Waals surface area (Å²) >= 11 is -1.83. The number of nitro benzene ring substituents is 1. The van der Waals surface area contributed by atoms with Gasteiger partial charge in [0, 0.05) is 0 Å². The van der Waals surface area contributed by atoms with Gasteiger partial charge in [-0.25, -0.2) is 0 Å². The molecule has 0 fully saturated rings. The van der Waals surface area contributed by atoms with Crippen LogP contribution in [0.1, 0.15) is 0 Å². The van der Waals surface area contributed by atoms with Gasteiger partial charge in [-0.15, -0.1) is 0 Å². The topological polar surface area (TPSA) is 43.1 Å². The van der Waals surface area contributed by atoms with Gasteiger partial charge < -0.3 is 0 Å². The molecule has 0 aliphatic carbocycles. The van der Waals surface area contributed by atoms with Crippen molar-refractivity contribution in [2.45, 2.75) is 9.79 Å². The first-order valence-corrected chi connectivity index (χ1v) is 14.3. The monoisotopic (exact) mass is 415 g/mol. The molecular weight excluding hydrogens is 401 g/mol. The van der Waals surface area contributed by atoms with E-state index in [9.17, 15) is 10.1 Å². The van der Waals surface area contributed by atoms with Gasteiger partial charge >= 0.3 is 152 Å². The summed E-state index contributed by atoms with van der Waals surface area (Å²) in [6, 6.07) is 27.4. The van der Waals surface area contributed by atoms with Crippen molar-refractivity contribution in [3.05, 3.63) is 95.0 Å². The van der Waals surface area contributed by atoms with Crippen LogP contribution in [-0.2, 0) is 0 Å². The normalized spacial score (nSPS) is 10.7. The molecule has 0 aliphatic heterocycles. The van der Waals surface area contributed by atoms with Gasteiger partial charge in [-0.2, -0.15) is 0 Å². The SMILES string of the molecule is O=[N+]([O-])c1ccccc1[As](Sc1ccccc1)Sc1ccccc1. The Hall–Kier alpha value is -1.68. The van der Waals surface area contributed by atoms with Crippen LogP contribution in [0, 0.1) is 10.1 Å². The van der Waals surface area contributed by atoms with Crippen molar-refractivity contribution in [1.29, 1.82) is 0 Å². The molecule has 0 atom stereocenters. The van der Waals surface area contributed by atoms with E-state index in [1.165, 1.54) is 0 Å². The molecule has 0 heterocycles. The van der Waals surface area contributed by atoms with Crippen LogP contribution in [-0.4, -0.2) is 17.3 Å². The van der Waals surface area contributed by atoms with Crippen molar-refractivity contribution < 1.29 is 4.92 Å². The first-order chi connectivity index (χ1) is 11.7. The van der Waals surface area contributed by atoms with Crippen LogP contribution >= 0.6 is 20.0 Å². The van der Waals surface area contributed by atoms with E-state index in [2.05, 4.69) is 24.3 Å². The summed E-state index contributed by atoms with van der Waals surface area (Å²) in [5, 5.41) is 11.4. The second-order valence-electron chi connectivity index (χ2n) is 4.81. The van der Waals surface area contributed by atoms with E-state index >= 15 is 0 Å². The Morgan fingerprint density at radius 3 is 1.67 bits per heavy atom. The molecule has 3 rings (SSSR count). The molecule has 3 aromatic carbocycles. The van der Waals surface area contributed by atoms with Crippen molar-refractivity contribution in [3.63, 3.8) is 0 Å². The minimum atomic E-state index is -1.83. The number of nitro groups is 1. The average Bonchev–Trinajstić information content (AvgIpc) is 2.63. The molecule has 0 aromatic heterocycles.